The molecule has 21 heavy (non-hydrogen) atoms. The van der Waals surface area contributed by atoms with Crippen LogP contribution in [0.2, 0.25) is 0 Å². The van der Waals surface area contributed by atoms with E-state index in [-0.39, 0.29) is 23.4 Å². The Kier molecular flexibility index (Phi) is 5.42. The monoisotopic (exact) mass is 297 g/mol. The number of carbonyl (C=O) groups is 1. The van der Waals surface area contributed by atoms with Gasteiger partial charge in [0, 0.05) is 12.0 Å². The minimum absolute atomic E-state index is 0.0289. The van der Waals surface area contributed by atoms with Gasteiger partial charge in [-0.1, -0.05) is 44.7 Å². The van der Waals surface area contributed by atoms with E-state index < -0.39 is 11.7 Å². The van der Waals surface area contributed by atoms with E-state index in [1.54, 1.807) is 0 Å². The molecule has 0 atom stereocenters. The van der Waals surface area contributed by atoms with Crippen molar-refractivity contribution in [2.75, 3.05) is 6.54 Å². The molecule has 0 saturated heterocycles. The van der Waals surface area contributed by atoms with E-state index >= 15 is 0 Å². The van der Waals surface area contributed by atoms with Crippen LogP contribution in [0.15, 0.2) is 24.3 Å². The molecule has 0 spiro atoms. The second-order valence-corrected chi connectivity index (χ2v) is 5.86. The quantitative estimate of drug-likeness (QED) is 0.830. The molecule has 5 heteroatoms. The van der Waals surface area contributed by atoms with E-state index in [9.17, 15) is 18.0 Å². The second-order valence-electron chi connectivity index (χ2n) is 5.86. The van der Waals surface area contributed by atoms with Gasteiger partial charge < -0.3 is 5.32 Å². The van der Waals surface area contributed by atoms with Crippen molar-refractivity contribution in [3.05, 3.63) is 35.4 Å². The summed E-state index contributed by atoms with van der Waals surface area (Å²) < 4.78 is 38.2. The first-order valence-corrected chi connectivity index (χ1v) is 6.51. The molecule has 0 saturated carbocycles. The first kappa shape index (κ1) is 17.1. The van der Waals surface area contributed by atoms with E-state index in [1.165, 1.54) is 18.2 Å². The van der Waals surface area contributed by atoms with Crippen LogP contribution < -0.4 is 5.32 Å². The van der Waals surface area contributed by atoms with Crippen molar-refractivity contribution in [1.82, 2.24) is 5.32 Å². The smallest absolute Gasteiger partial charge is 0.345 e. The summed E-state index contributed by atoms with van der Waals surface area (Å²) in [7, 11) is 0. The number of rotatable bonds is 2. The summed E-state index contributed by atoms with van der Waals surface area (Å²) in [6, 6.07) is 5.12. The number of hydrogen-bond donors (Lipinski definition) is 1. The Balaban J connectivity index is 2.67. The molecule has 114 valence electrons. The number of carbonyl (C=O) groups excluding carboxylic acids is 1. The van der Waals surface area contributed by atoms with Gasteiger partial charge in [0.1, 0.15) is 0 Å². The highest BCUT2D eigenvalue weighted by atomic mass is 19.4. The van der Waals surface area contributed by atoms with Gasteiger partial charge in [0.2, 0.25) is 5.91 Å². The van der Waals surface area contributed by atoms with Crippen LogP contribution in [0.3, 0.4) is 0 Å². The Morgan fingerprint density at radius 2 is 1.81 bits per heavy atom. The average Bonchev–Trinajstić information content (AvgIpc) is 2.32. The van der Waals surface area contributed by atoms with Gasteiger partial charge in [-0.25, -0.2) is 0 Å². The average molecular weight is 297 g/mol. The molecule has 0 radical (unpaired) electrons. The molecule has 0 heterocycles. The molecule has 2 nitrogen and oxygen atoms in total. The van der Waals surface area contributed by atoms with Gasteiger partial charge in [-0.3, -0.25) is 4.79 Å². The van der Waals surface area contributed by atoms with Crippen molar-refractivity contribution in [3.63, 3.8) is 0 Å². The molecular weight excluding hydrogens is 279 g/mol. The Bertz CT molecular complexity index is 559. The molecule has 0 bridgehead atoms. The van der Waals surface area contributed by atoms with Crippen LogP contribution in [0, 0.1) is 17.3 Å². The van der Waals surface area contributed by atoms with Gasteiger partial charge in [-0.15, -0.1) is 0 Å². The summed E-state index contributed by atoms with van der Waals surface area (Å²) in [5.41, 5.74) is -0.992. The van der Waals surface area contributed by atoms with Gasteiger partial charge in [-0.2, -0.15) is 13.2 Å². The van der Waals surface area contributed by atoms with Gasteiger partial charge >= 0.3 is 6.18 Å². The second kappa shape index (κ2) is 6.66. The molecule has 0 fully saturated rings. The summed E-state index contributed by atoms with van der Waals surface area (Å²) in [6.45, 7) is 5.81. The van der Waals surface area contributed by atoms with Crippen LogP contribution in [0.25, 0.3) is 0 Å². The zero-order chi connectivity index (χ0) is 16.1. The van der Waals surface area contributed by atoms with Gasteiger partial charge in [0.25, 0.3) is 0 Å². The van der Waals surface area contributed by atoms with Crippen molar-refractivity contribution < 1.29 is 18.0 Å². The maximum absolute atomic E-state index is 12.7. The first-order valence-electron chi connectivity index (χ1n) is 6.51. The van der Waals surface area contributed by atoms with E-state index in [2.05, 4.69) is 17.2 Å². The molecule has 0 aliphatic heterocycles. The third kappa shape index (κ3) is 6.35. The lowest BCUT2D eigenvalue weighted by atomic mass is 9.92. The topological polar surface area (TPSA) is 29.1 Å². The lowest BCUT2D eigenvalue weighted by molar-refractivity contribution is -0.137. The predicted octanol–water partition coefficient (Wildman–Crippen LogP) is 3.61. The van der Waals surface area contributed by atoms with Crippen molar-refractivity contribution in [2.45, 2.75) is 33.4 Å². The molecule has 1 rings (SSSR count). The standard InChI is InChI=1S/C16H18F3NO/c1-15(2,3)11-14(21)20-10-6-8-12-7-4-5-9-13(12)16(17,18)19/h4-5,7,9H,10-11H2,1-3H3,(H,20,21). The van der Waals surface area contributed by atoms with E-state index in [0.29, 0.717) is 6.42 Å². The number of nitrogens with one attached hydrogen (secondary N) is 1. The van der Waals surface area contributed by atoms with Gasteiger partial charge in [0.15, 0.2) is 0 Å². The fourth-order valence-electron chi connectivity index (χ4n) is 1.67. The van der Waals surface area contributed by atoms with Gasteiger partial charge in [0.05, 0.1) is 12.1 Å². The summed E-state index contributed by atoms with van der Waals surface area (Å²) in [6.07, 6.45) is -4.09. The van der Waals surface area contributed by atoms with Crippen LogP contribution in [0.5, 0.6) is 0 Å². The number of halogens is 3. The van der Waals surface area contributed by atoms with Crippen molar-refractivity contribution in [3.8, 4) is 11.8 Å². The minimum atomic E-state index is -4.43. The lowest BCUT2D eigenvalue weighted by Crippen LogP contribution is -2.27. The summed E-state index contributed by atoms with van der Waals surface area (Å²) in [5, 5.41) is 2.57. The van der Waals surface area contributed by atoms with Crippen LogP contribution >= 0.6 is 0 Å². The van der Waals surface area contributed by atoms with E-state index in [1.807, 2.05) is 20.8 Å². The van der Waals surface area contributed by atoms with Gasteiger partial charge in [-0.05, 0) is 17.5 Å². The fraction of sp³-hybridized carbons (Fsp3) is 0.438. The molecule has 1 N–H and O–H groups in total. The fourth-order valence-corrected chi connectivity index (χ4v) is 1.67. The van der Waals surface area contributed by atoms with Crippen LogP contribution in [0.1, 0.15) is 38.3 Å². The molecule has 1 aromatic rings. The predicted molar refractivity (Wildman–Crippen MR) is 75.4 cm³/mol. The maximum atomic E-state index is 12.7. The highest BCUT2D eigenvalue weighted by Gasteiger charge is 2.32. The highest BCUT2D eigenvalue weighted by molar-refractivity contribution is 5.76. The molecule has 0 aliphatic carbocycles. The van der Waals surface area contributed by atoms with E-state index in [4.69, 9.17) is 0 Å². The Morgan fingerprint density at radius 1 is 1.19 bits per heavy atom. The number of amides is 1. The summed E-state index contributed by atoms with van der Waals surface area (Å²) >= 11 is 0. The number of alkyl halides is 3. The minimum Gasteiger partial charge on any atom is -0.345 e. The van der Waals surface area contributed by atoms with Crippen LogP contribution in [-0.2, 0) is 11.0 Å². The van der Waals surface area contributed by atoms with Crippen molar-refractivity contribution in [2.24, 2.45) is 5.41 Å². The molecule has 0 unspecified atom stereocenters. The molecule has 1 amide bonds. The maximum Gasteiger partial charge on any atom is 0.417 e. The molecular formula is C16H18F3NO. The summed E-state index contributed by atoms with van der Waals surface area (Å²) in [4.78, 5) is 11.5. The van der Waals surface area contributed by atoms with Crippen LogP contribution in [-0.4, -0.2) is 12.5 Å². The SMILES string of the molecule is CC(C)(C)CC(=O)NCC#Cc1ccccc1C(F)(F)F. The summed E-state index contributed by atoms with van der Waals surface area (Å²) in [5.74, 6) is 4.84. The third-order valence-corrected chi connectivity index (χ3v) is 2.52. The van der Waals surface area contributed by atoms with Crippen molar-refractivity contribution >= 4 is 5.91 Å². The number of benzene rings is 1. The largest absolute Gasteiger partial charge is 0.417 e. The zero-order valence-electron chi connectivity index (χ0n) is 12.3. The Hall–Kier alpha value is -1.96. The normalized spacial score (nSPS) is 11.5. The highest BCUT2D eigenvalue weighted by Crippen LogP contribution is 2.31. The molecule has 0 aromatic heterocycles. The Morgan fingerprint density at radius 3 is 2.38 bits per heavy atom. The number of hydrogen-bond acceptors (Lipinski definition) is 1. The van der Waals surface area contributed by atoms with Crippen molar-refractivity contribution in [1.29, 1.82) is 0 Å². The zero-order valence-corrected chi connectivity index (χ0v) is 12.3. The Labute approximate surface area is 122 Å². The molecule has 1 aromatic carbocycles. The lowest BCUT2D eigenvalue weighted by Gasteiger charge is -2.16. The van der Waals surface area contributed by atoms with E-state index in [0.717, 1.165) is 6.07 Å². The first-order chi connectivity index (χ1) is 9.59. The molecule has 0 aliphatic rings. The van der Waals surface area contributed by atoms with Crippen LogP contribution in [0.4, 0.5) is 13.2 Å². The third-order valence-electron chi connectivity index (χ3n) is 2.52.